The number of amides is 2. The first kappa shape index (κ1) is 30.2. The zero-order chi connectivity index (χ0) is 30.7. The van der Waals surface area contributed by atoms with Crippen LogP contribution in [0.1, 0.15) is 49.7 Å². The number of nitrogens with zero attached hydrogens (tertiary/aromatic N) is 3. The van der Waals surface area contributed by atoms with Gasteiger partial charge in [0.15, 0.2) is 0 Å². The number of anilines is 2. The van der Waals surface area contributed by atoms with E-state index in [1.54, 1.807) is 0 Å². The fourth-order valence-corrected chi connectivity index (χ4v) is 6.83. The molecule has 3 N–H and O–H groups in total. The van der Waals surface area contributed by atoms with Crippen LogP contribution in [0.2, 0.25) is 0 Å². The second kappa shape index (κ2) is 13.0. The first-order chi connectivity index (χ1) is 21.4. The molecular weight excluding hydrogens is 550 g/mol. The van der Waals surface area contributed by atoms with Crippen molar-refractivity contribution in [3.8, 4) is 11.1 Å². The minimum absolute atomic E-state index is 0.0610. The van der Waals surface area contributed by atoms with Crippen LogP contribution < -0.4 is 16.0 Å². The highest BCUT2D eigenvalue weighted by Crippen LogP contribution is 2.49. The van der Waals surface area contributed by atoms with Crippen molar-refractivity contribution in [3.05, 3.63) is 83.9 Å². The van der Waals surface area contributed by atoms with Crippen LogP contribution in [0, 0.1) is 0 Å². The molecule has 232 valence electrons. The third kappa shape index (κ3) is 6.47. The van der Waals surface area contributed by atoms with Gasteiger partial charge in [-0.05, 0) is 86.0 Å². The molecule has 1 heterocycles. The molecule has 3 aliphatic rings. The maximum Gasteiger partial charge on any atom is 0.410 e. The second-order valence-corrected chi connectivity index (χ2v) is 12.8. The SMILES string of the molecule is COC(=O)N(Cc1cccc(-c2ccc(N3CCN(C)CC3)c(NC(=O)C3(c4ccccc4)CC3)c2)c1)C1CCC(N)CC1. The van der Waals surface area contributed by atoms with Crippen molar-refractivity contribution in [2.24, 2.45) is 5.73 Å². The molecule has 8 heteroatoms. The van der Waals surface area contributed by atoms with Gasteiger partial charge in [0.05, 0.1) is 23.9 Å². The number of benzene rings is 3. The van der Waals surface area contributed by atoms with Crippen LogP contribution in [0.3, 0.4) is 0 Å². The Kier molecular flexibility index (Phi) is 8.91. The second-order valence-electron chi connectivity index (χ2n) is 12.8. The Morgan fingerprint density at radius 2 is 1.61 bits per heavy atom. The van der Waals surface area contributed by atoms with Gasteiger partial charge >= 0.3 is 6.09 Å². The van der Waals surface area contributed by atoms with Crippen LogP contribution in [-0.2, 0) is 21.5 Å². The van der Waals surface area contributed by atoms with E-state index in [0.29, 0.717) is 6.54 Å². The average Bonchev–Trinajstić information content (AvgIpc) is 3.87. The molecule has 2 amide bonds. The van der Waals surface area contributed by atoms with Crippen LogP contribution in [-0.4, -0.2) is 74.2 Å². The van der Waals surface area contributed by atoms with Gasteiger partial charge in [0.1, 0.15) is 0 Å². The molecule has 3 aromatic carbocycles. The third-order valence-electron chi connectivity index (χ3n) is 9.80. The van der Waals surface area contributed by atoms with Crippen LogP contribution in [0.15, 0.2) is 72.8 Å². The predicted octanol–water partition coefficient (Wildman–Crippen LogP) is 5.61. The van der Waals surface area contributed by atoms with Gasteiger partial charge in [-0.1, -0.05) is 54.6 Å². The largest absolute Gasteiger partial charge is 0.453 e. The lowest BCUT2D eigenvalue weighted by Crippen LogP contribution is -2.44. The molecule has 0 bridgehead atoms. The van der Waals surface area contributed by atoms with Gasteiger partial charge in [-0.15, -0.1) is 0 Å². The summed E-state index contributed by atoms with van der Waals surface area (Å²) in [6, 6.07) is 25.2. The number of hydrogen-bond acceptors (Lipinski definition) is 6. The molecule has 44 heavy (non-hydrogen) atoms. The fourth-order valence-electron chi connectivity index (χ4n) is 6.83. The maximum atomic E-state index is 13.9. The van der Waals surface area contributed by atoms with Gasteiger partial charge in [0, 0.05) is 44.8 Å². The Morgan fingerprint density at radius 1 is 0.909 bits per heavy atom. The molecule has 0 unspecified atom stereocenters. The summed E-state index contributed by atoms with van der Waals surface area (Å²) < 4.78 is 5.18. The van der Waals surface area contributed by atoms with E-state index in [-0.39, 0.29) is 24.1 Å². The number of nitrogens with two attached hydrogens (primary N) is 1. The standard InChI is InChI=1S/C36H45N5O3/c1-39-19-21-40(22-20-39)33-16-11-28(24-32(33)38-34(42)36(17-18-36)29-9-4-3-5-10-29)27-8-6-7-26(23-27)25-41(35(43)44-2)31-14-12-30(37)13-15-31/h3-11,16,23-24,30-31H,12-15,17-22,25,37H2,1-2H3,(H,38,42). The van der Waals surface area contributed by atoms with E-state index in [1.165, 1.54) is 7.11 Å². The van der Waals surface area contributed by atoms with Gasteiger partial charge in [0.25, 0.3) is 0 Å². The molecule has 2 aliphatic carbocycles. The molecule has 0 spiro atoms. The summed E-state index contributed by atoms with van der Waals surface area (Å²) in [4.78, 5) is 33.3. The number of carbonyl (C=O) groups is 2. The van der Waals surface area contributed by atoms with Gasteiger partial charge in [-0.25, -0.2) is 4.79 Å². The molecule has 0 aromatic heterocycles. The van der Waals surface area contributed by atoms with Crippen LogP contribution in [0.25, 0.3) is 11.1 Å². The van der Waals surface area contributed by atoms with Crippen molar-refractivity contribution in [1.82, 2.24) is 9.80 Å². The topological polar surface area (TPSA) is 91.1 Å². The summed E-state index contributed by atoms with van der Waals surface area (Å²) in [7, 11) is 3.60. The Balaban J connectivity index is 1.28. The molecule has 6 rings (SSSR count). The normalized spacial score (nSPS) is 21.4. The minimum Gasteiger partial charge on any atom is -0.453 e. The lowest BCUT2D eigenvalue weighted by atomic mass is 9.90. The van der Waals surface area contributed by atoms with E-state index in [0.717, 1.165) is 98.3 Å². The smallest absolute Gasteiger partial charge is 0.410 e. The molecular formula is C36H45N5O3. The van der Waals surface area contributed by atoms with Gasteiger partial charge in [-0.2, -0.15) is 0 Å². The first-order valence-corrected chi connectivity index (χ1v) is 16.0. The Labute approximate surface area is 261 Å². The molecule has 1 aliphatic heterocycles. The highest BCUT2D eigenvalue weighted by molar-refractivity contribution is 6.04. The number of methoxy groups -OCH3 is 1. The molecule has 0 atom stereocenters. The summed E-state index contributed by atoms with van der Waals surface area (Å²) in [5, 5.41) is 3.37. The average molecular weight is 596 g/mol. The molecule has 3 fully saturated rings. The minimum atomic E-state index is -0.461. The number of nitrogens with one attached hydrogen (secondary N) is 1. The van der Waals surface area contributed by atoms with E-state index >= 15 is 0 Å². The quantitative estimate of drug-likeness (QED) is 0.352. The molecule has 8 nitrogen and oxygen atoms in total. The summed E-state index contributed by atoms with van der Waals surface area (Å²) in [6.45, 7) is 4.26. The van der Waals surface area contributed by atoms with E-state index < -0.39 is 5.41 Å². The lowest BCUT2D eigenvalue weighted by molar-refractivity contribution is -0.118. The summed E-state index contributed by atoms with van der Waals surface area (Å²) in [6.07, 6.45) is 5.02. The van der Waals surface area contributed by atoms with Crippen LogP contribution >= 0.6 is 0 Å². The number of rotatable bonds is 8. The predicted molar refractivity (Wildman–Crippen MR) is 176 cm³/mol. The van der Waals surface area contributed by atoms with E-state index in [1.807, 2.05) is 29.2 Å². The monoisotopic (exact) mass is 595 g/mol. The van der Waals surface area contributed by atoms with Gasteiger partial charge in [0.2, 0.25) is 5.91 Å². The summed E-state index contributed by atoms with van der Waals surface area (Å²) in [5.41, 5.74) is 11.8. The van der Waals surface area contributed by atoms with E-state index in [4.69, 9.17) is 10.5 Å². The number of likely N-dealkylation sites (N-methyl/N-ethyl adjacent to an activating group) is 1. The van der Waals surface area contributed by atoms with Crippen molar-refractivity contribution in [2.45, 2.75) is 62.6 Å². The first-order valence-electron chi connectivity index (χ1n) is 16.0. The Hall–Kier alpha value is -3.88. The van der Waals surface area contributed by atoms with Crippen molar-refractivity contribution in [3.63, 3.8) is 0 Å². The summed E-state index contributed by atoms with van der Waals surface area (Å²) in [5.74, 6) is 0.0610. The zero-order valence-corrected chi connectivity index (χ0v) is 26.0. The maximum absolute atomic E-state index is 13.9. The number of piperazine rings is 1. The lowest BCUT2D eigenvalue weighted by Gasteiger charge is -2.35. The number of ether oxygens (including phenoxy) is 1. The highest BCUT2D eigenvalue weighted by atomic mass is 16.5. The molecule has 2 saturated carbocycles. The van der Waals surface area contributed by atoms with E-state index in [9.17, 15) is 9.59 Å². The van der Waals surface area contributed by atoms with Gasteiger partial charge < -0.3 is 30.5 Å². The van der Waals surface area contributed by atoms with Crippen molar-refractivity contribution in [2.75, 3.05) is 50.6 Å². The van der Waals surface area contributed by atoms with Crippen LogP contribution in [0.5, 0.6) is 0 Å². The molecule has 3 aromatic rings. The third-order valence-corrected chi connectivity index (χ3v) is 9.80. The highest BCUT2D eigenvalue weighted by Gasteiger charge is 2.51. The fraction of sp³-hybridized carbons (Fsp3) is 0.444. The molecule has 0 radical (unpaired) electrons. The van der Waals surface area contributed by atoms with E-state index in [2.05, 4.69) is 70.7 Å². The Morgan fingerprint density at radius 3 is 2.30 bits per heavy atom. The number of carbonyl (C=O) groups excluding carboxylic acids is 2. The Bertz CT molecular complexity index is 1460. The van der Waals surface area contributed by atoms with Crippen molar-refractivity contribution < 1.29 is 14.3 Å². The summed E-state index contributed by atoms with van der Waals surface area (Å²) >= 11 is 0. The zero-order valence-electron chi connectivity index (χ0n) is 26.0. The molecule has 1 saturated heterocycles. The van der Waals surface area contributed by atoms with Gasteiger partial charge in [-0.3, -0.25) is 4.79 Å². The van der Waals surface area contributed by atoms with Crippen molar-refractivity contribution in [1.29, 1.82) is 0 Å². The van der Waals surface area contributed by atoms with Crippen LogP contribution in [0.4, 0.5) is 16.2 Å². The number of hydrogen-bond donors (Lipinski definition) is 2. The van der Waals surface area contributed by atoms with Crippen molar-refractivity contribution >= 4 is 23.4 Å².